The lowest BCUT2D eigenvalue weighted by Crippen LogP contribution is -2.41. The van der Waals surface area contributed by atoms with Gasteiger partial charge in [-0.1, -0.05) is 6.42 Å². The Morgan fingerprint density at radius 3 is 2.67 bits per heavy atom. The van der Waals surface area contributed by atoms with Crippen molar-refractivity contribution in [2.75, 3.05) is 13.2 Å². The van der Waals surface area contributed by atoms with Gasteiger partial charge in [0, 0.05) is 6.04 Å². The summed E-state index contributed by atoms with van der Waals surface area (Å²) in [6, 6.07) is 0.168. The predicted octanol–water partition coefficient (Wildman–Crippen LogP) is 1.03. The van der Waals surface area contributed by atoms with Crippen LogP contribution in [0.2, 0.25) is 0 Å². The fourth-order valence-corrected chi connectivity index (χ4v) is 3.54. The van der Waals surface area contributed by atoms with E-state index >= 15 is 0 Å². The number of aliphatic carboxylic acids is 1. The first-order chi connectivity index (χ1) is 8.56. The highest BCUT2D eigenvalue weighted by Crippen LogP contribution is 2.49. The Balaban J connectivity index is 1.69. The number of carboxylic acid groups (broad SMARTS) is 1. The Bertz CT molecular complexity index is 331. The van der Waals surface area contributed by atoms with Gasteiger partial charge in [-0.05, 0) is 43.9 Å². The number of hydrogen-bond acceptors (Lipinski definition) is 3. The van der Waals surface area contributed by atoms with Gasteiger partial charge in [-0.25, -0.2) is 4.79 Å². The fraction of sp³-hybridized carbons (Fsp3) is 0.846. The van der Waals surface area contributed by atoms with Crippen molar-refractivity contribution in [3.63, 3.8) is 0 Å². The molecule has 4 atom stereocenters. The van der Waals surface area contributed by atoms with E-state index in [1.165, 1.54) is 25.7 Å². The number of carbonyl (C=O) groups excluding carboxylic acids is 1. The van der Waals surface area contributed by atoms with Crippen LogP contribution in [0.3, 0.4) is 0 Å². The number of carbonyl (C=O) groups is 2. The number of rotatable bonds is 6. The van der Waals surface area contributed by atoms with Gasteiger partial charge in [0.25, 0.3) is 0 Å². The van der Waals surface area contributed by atoms with E-state index in [1.807, 2.05) is 6.92 Å². The first kappa shape index (κ1) is 13.3. The Labute approximate surface area is 107 Å². The Kier molecular flexibility index (Phi) is 4.22. The average molecular weight is 255 g/mol. The summed E-state index contributed by atoms with van der Waals surface area (Å²) in [4.78, 5) is 21.8. The molecular formula is C13H21NO4. The number of carboxylic acids is 1. The maximum Gasteiger partial charge on any atom is 0.329 e. The van der Waals surface area contributed by atoms with Crippen LogP contribution in [-0.4, -0.2) is 36.2 Å². The van der Waals surface area contributed by atoms with Crippen molar-refractivity contribution < 1.29 is 19.4 Å². The largest absolute Gasteiger partial charge is 0.480 e. The smallest absolute Gasteiger partial charge is 0.329 e. The molecule has 2 N–H and O–H groups in total. The van der Waals surface area contributed by atoms with Crippen LogP contribution in [0, 0.1) is 17.8 Å². The second kappa shape index (κ2) is 5.69. The van der Waals surface area contributed by atoms with Crippen molar-refractivity contribution in [3.05, 3.63) is 0 Å². The molecule has 2 aliphatic carbocycles. The molecule has 102 valence electrons. The topological polar surface area (TPSA) is 75.6 Å². The van der Waals surface area contributed by atoms with Crippen molar-refractivity contribution >= 4 is 11.9 Å². The molecule has 0 spiro atoms. The van der Waals surface area contributed by atoms with Crippen LogP contribution in [0.5, 0.6) is 0 Å². The highest BCUT2D eigenvalue weighted by molar-refractivity contribution is 5.78. The molecule has 0 heterocycles. The molecule has 1 amide bonds. The standard InChI is InChI=1S/C13H21NO4/c1-8(11-5-9-2-3-10(11)4-9)14-12(15)6-18-7-13(16)17/h8-11H,2-7H2,1H3,(H,14,15)(H,16,17). The van der Waals surface area contributed by atoms with Gasteiger partial charge < -0.3 is 15.2 Å². The Morgan fingerprint density at radius 1 is 1.33 bits per heavy atom. The van der Waals surface area contributed by atoms with Crippen LogP contribution in [-0.2, 0) is 14.3 Å². The SMILES string of the molecule is CC(NC(=O)COCC(=O)O)C1CC2CCC1C2. The van der Waals surface area contributed by atoms with Gasteiger partial charge in [0.2, 0.25) is 5.91 Å². The number of ether oxygens (including phenoxy) is 1. The third-order valence-electron chi connectivity index (χ3n) is 4.28. The van der Waals surface area contributed by atoms with Crippen molar-refractivity contribution in [2.45, 2.75) is 38.6 Å². The summed E-state index contributed by atoms with van der Waals surface area (Å²) < 4.78 is 4.77. The summed E-state index contributed by atoms with van der Waals surface area (Å²) in [5, 5.41) is 11.3. The van der Waals surface area contributed by atoms with E-state index in [-0.39, 0.29) is 18.6 Å². The number of amides is 1. The van der Waals surface area contributed by atoms with Gasteiger partial charge >= 0.3 is 5.97 Å². The van der Waals surface area contributed by atoms with Crippen LogP contribution in [0.1, 0.15) is 32.6 Å². The second-order valence-corrected chi connectivity index (χ2v) is 5.58. The molecule has 2 aliphatic rings. The molecule has 0 saturated heterocycles. The molecule has 2 bridgehead atoms. The molecule has 4 unspecified atom stereocenters. The van der Waals surface area contributed by atoms with Gasteiger partial charge in [0.1, 0.15) is 13.2 Å². The second-order valence-electron chi connectivity index (χ2n) is 5.58. The summed E-state index contributed by atoms with van der Waals surface area (Å²) in [5.74, 6) is 0.954. The maximum atomic E-state index is 11.6. The van der Waals surface area contributed by atoms with Gasteiger partial charge in [0.15, 0.2) is 0 Å². The van der Waals surface area contributed by atoms with E-state index in [0.29, 0.717) is 5.92 Å². The number of hydrogen-bond donors (Lipinski definition) is 2. The zero-order valence-electron chi connectivity index (χ0n) is 10.7. The van der Waals surface area contributed by atoms with E-state index in [2.05, 4.69) is 5.32 Å². The molecule has 0 aromatic rings. The van der Waals surface area contributed by atoms with Crippen LogP contribution < -0.4 is 5.32 Å². The highest BCUT2D eigenvalue weighted by atomic mass is 16.5. The van der Waals surface area contributed by atoms with Gasteiger partial charge in [0.05, 0.1) is 0 Å². The number of fused-ring (bicyclic) bond motifs is 2. The van der Waals surface area contributed by atoms with Crippen LogP contribution in [0.25, 0.3) is 0 Å². The molecule has 18 heavy (non-hydrogen) atoms. The van der Waals surface area contributed by atoms with Crippen LogP contribution in [0.4, 0.5) is 0 Å². The van der Waals surface area contributed by atoms with Gasteiger partial charge in [-0.2, -0.15) is 0 Å². The molecule has 2 saturated carbocycles. The molecule has 0 aliphatic heterocycles. The van der Waals surface area contributed by atoms with Crippen molar-refractivity contribution in [2.24, 2.45) is 17.8 Å². The molecular weight excluding hydrogens is 234 g/mol. The lowest BCUT2D eigenvalue weighted by Gasteiger charge is -2.28. The molecule has 2 rings (SSSR count). The minimum absolute atomic E-state index is 0.168. The van der Waals surface area contributed by atoms with E-state index < -0.39 is 12.6 Å². The van der Waals surface area contributed by atoms with Crippen LogP contribution >= 0.6 is 0 Å². The summed E-state index contributed by atoms with van der Waals surface area (Å²) in [7, 11) is 0. The zero-order chi connectivity index (χ0) is 13.1. The van der Waals surface area contributed by atoms with Crippen molar-refractivity contribution in [1.29, 1.82) is 0 Å². The minimum Gasteiger partial charge on any atom is -0.480 e. The molecule has 2 fully saturated rings. The monoisotopic (exact) mass is 255 g/mol. The number of nitrogens with one attached hydrogen (secondary N) is 1. The lowest BCUT2D eigenvalue weighted by molar-refractivity contribution is -0.143. The summed E-state index contributed by atoms with van der Waals surface area (Å²) >= 11 is 0. The Hall–Kier alpha value is -1.10. The van der Waals surface area contributed by atoms with Crippen LogP contribution in [0.15, 0.2) is 0 Å². The molecule has 0 aromatic carbocycles. The average Bonchev–Trinajstić information content (AvgIpc) is 2.89. The first-order valence-corrected chi connectivity index (χ1v) is 6.65. The van der Waals surface area contributed by atoms with E-state index in [1.54, 1.807) is 0 Å². The van der Waals surface area contributed by atoms with Gasteiger partial charge in [-0.3, -0.25) is 4.79 Å². The zero-order valence-corrected chi connectivity index (χ0v) is 10.7. The quantitative estimate of drug-likeness (QED) is 0.743. The fourth-order valence-electron chi connectivity index (χ4n) is 3.54. The van der Waals surface area contributed by atoms with Gasteiger partial charge in [-0.15, -0.1) is 0 Å². The molecule has 5 heteroatoms. The molecule has 0 aromatic heterocycles. The summed E-state index contributed by atoms with van der Waals surface area (Å²) in [6.45, 7) is 1.45. The normalized spacial score (nSPS) is 31.3. The third-order valence-corrected chi connectivity index (χ3v) is 4.28. The van der Waals surface area contributed by atoms with E-state index in [9.17, 15) is 9.59 Å². The predicted molar refractivity (Wildman–Crippen MR) is 65.0 cm³/mol. The van der Waals surface area contributed by atoms with Crippen molar-refractivity contribution in [3.8, 4) is 0 Å². The third kappa shape index (κ3) is 3.22. The first-order valence-electron chi connectivity index (χ1n) is 6.65. The molecule has 0 radical (unpaired) electrons. The minimum atomic E-state index is -1.05. The summed E-state index contributed by atoms with van der Waals surface area (Å²) in [6.07, 6.45) is 5.19. The Morgan fingerprint density at radius 2 is 2.11 bits per heavy atom. The van der Waals surface area contributed by atoms with E-state index in [0.717, 1.165) is 11.8 Å². The highest BCUT2D eigenvalue weighted by Gasteiger charge is 2.42. The maximum absolute atomic E-state index is 11.6. The summed E-state index contributed by atoms with van der Waals surface area (Å²) in [5.41, 5.74) is 0. The molecule has 5 nitrogen and oxygen atoms in total. The van der Waals surface area contributed by atoms with Crippen molar-refractivity contribution in [1.82, 2.24) is 5.32 Å². The lowest BCUT2D eigenvalue weighted by atomic mass is 9.84. The van der Waals surface area contributed by atoms with E-state index in [4.69, 9.17) is 9.84 Å².